The van der Waals surface area contributed by atoms with E-state index in [-0.39, 0.29) is 18.2 Å². The molecule has 0 aliphatic carbocycles. The van der Waals surface area contributed by atoms with E-state index < -0.39 is 6.04 Å². The first kappa shape index (κ1) is 20.0. The van der Waals surface area contributed by atoms with Crippen LogP contribution in [0.3, 0.4) is 0 Å². The molecule has 0 saturated carbocycles. The quantitative estimate of drug-likeness (QED) is 0.605. The number of anilines is 2. The number of ether oxygens (including phenoxy) is 1. The summed E-state index contributed by atoms with van der Waals surface area (Å²) in [4.78, 5) is 26.4. The van der Waals surface area contributed by atoms with E-state index in [2.05, 4.69) is 15.7 Å². The van der Waals surface area contributed by atoms with Crippen molar-refractivity contribution in [1.29, 1.82) is 0 Å². The van der Waals surface area contributed by atoms with Crippen molar-refractivity contribution in [3.63, 3.8) is 0 Å². The molecule has 0 spiro atoms. The minimum Gasteiger partial charge on any atom is -0.497 e. The minimum absolute atomic E-state index is 0.0320. The molecule has 1 aromatic heterocycles. The minimum atomic E-state index is -0.725. The maximum atomic E-state index is 13.0. The van der Waals surface area contributed by atoms with Crippen molar-refractivity contribution >= 4 is 35.1 Å². The number of hydrogen-bond acceptors (Lipinski definition) is 5. The van der Waals surface area contributed by atoms with Gasteiger partial charge in [-0.25, -0.2) is 4.68 Å². The van der Waals surface area contributed by atoms with E-state index in [0.29, 0.717) is 11.5 Å². The van der Waals surface area contributed by atoms with Crippen molar-refractivity contribution in [2.24, 2.45) is 0 Å². The van der Waals surface area contributed by atoms with Crippen molar-refractivity contribution in [3.8, 4) is 17.0 Å². The smallest absolute Gasteiger partial charge is 0.249 e. The molecule has 3 aromatic rings. The van der Waals surface area contributed by atoms with E-state index in [4.69, 9.17) is 4.74 Å². The van der Waals surface area contributed by atoms with Crippen LogP contribution in [-0.4, -0.2) is 35.0 Å². The van der Waals surface area contributed by atoms with Crippen LogP contribution in [0.4, 0.5) is 11.5 Å². The zero-order valence-electron chi connectivity index (χ0n) is 16.9. The number of aromatic nitrogens is 2. The van der Waals surface area contributed by atoms with Gasteiger partial charge in [0.05, 0.1) is 19.2 Å². The number of amides is 2. The molecule has 7 nitrogen and oxygen atoms in total. The number of carbonyl (C=O) groups excluding carboxylic acids is 2. The zero-order valence-corrected chi connectivity index (χ0v) is 17.7. The van der Waals surface area contributed by atoms with Crippen LogP contribution in [-0.2, 0) is 9.59 Å². The Balaban J connectivity index is 1.67. The maximum absolute atomic E-state index is 13.0. The second-order valence-electron chi connectivity index (χ2n) is 6.98. The summed E-state index contributed by atoms with van der Waals surface area (Å²) in [7, 11) is 1.61. The summed E-state index contributed by atoms with van der Waals surface area (Å²) < 4.78 is 6.83. The van der Waals surface area contributed by atoms with Gasteiger partial charge in [0.1, 0.15) is 17.6 Å². The number of nitrogens with zero attached hydrogens (tertiary/aromatic N) is 2. The monoisotopic (exact) mass is 422 g/mol. The predicted molar refractivity (Wildman–Crippen MR) is 118 cm³/mol. The van der Waals surface area contributed by atoms with Crippen LogP contribution in [0.2, 0.25) is 0 Å². The molecule has 0 fully saturated rings. The third-order valence-electron chi connectivity index (χ3n) is 5.08. The van der Waals surface area contributed by atoms with Crippen LogP contribution in [0, 0.1) is 6.92 Å². The van der Waals surface area contributed by atoms with Crippen molar-refractivity contribution < 1.29 is 14.3 Å². The Morgan fingerprint density at radius 3 is 2.73 bits per heavy atom. The van der Waals surface area contributed by atoms with Gasteiger partial charge >= 0.3 is 0 Å². The molecule has 8 heteroatoms. The van der Waals surface area contributed by atoms with Gasteiger partial charge in [-0.2, -0.15) is 5.10 Å². The molecule has 1 atom stereocenters. The number of fused-ring (bicyclic) bond motifs is 1. The maximum Gasteiger partial charge on any atom is 0.249 e. The van der Waals surface area contributed by atoms with Crippen LogP contribution in [0.15, 0.2) is 53.4 Å². The summed E-state index contributed by atoms with van der Waals surface area (Å²) in [6.07, 6.45) is 2.01. The molecule has 0 radical (unpaired) electrons. The van der Waals surface area contributed by atoms with Crippen LogP contribution < -0.4 is 15.4 Å². The summed E-state index contributed by atoms with van der Waals surface area (Å²) in [5.74, 6) is 0.825. The SMILES string of the molecule is COc1ccc(-c2nn3c(c2C)NC(=O)CC3C(=O)Nc2cccc(SC)c2)cc1. The highest BCUT2D eigenvalue weighted by Gasteiger charge is 2.34. The summed E-state index contributed by atoms with van der Waals surface area (Å²) in [6.45, 7) is 1.89. The van der Waals surface area contributed by atoms with Crippen molar-refractivity contribution in [1.82, 2.24) is 9.78 Å². The molecule has 1 aliphatic rings. The van der Waals surface area contributed by atoms with Crippen LogP contribution in [0.1, 0.15) is 18.0 Å². The number of carbonyl (C=O) groups is 2. The lowest BCUT2D eigenvalue weighted by Crippen LogP contribution is -2.35. The Bertz CT molecular complexity index is 1110. The molecule has 2 aromatic carbocycles. The largest absolute Gasteiger partial charge is 0.497 e. The fraction of sp³-hybridized carbons (Fsp3) is 0.227. The Morgan fingerprint density at radius 2 is 2.03 bits per heavy atom. The lowest BCUT2D eigenvalue weighted by Gasteiger charge is -2.24. The summed E-state index contributed by atoms with van der Waals surface area (Å²) in [5, 5.41) is 10.5. The van der Waals surface area contributed by atoms with E-state index in [1.807, 2.05) is 61.7 Å². The lowest BCUT2D eigenvalue weighted by molar-refractivity contribution is -0.125. The standard InChI is InChI=1S/C22H22N4O3S/c1-13-20(14-7-9-16(29-2)10-8-14)25-26-18(12-19(27)24-21(13)26)22(28)23-15-5-4-6-17(11-15)30-3/h4-11,18H,12H2,1-3H3,(H,23,28)(H,24,27). The Hall–Kier alpha value is -3.26. The highest BCUT2D eigenvalue weighted by Crippen LogP contribution is 2.35. The number of thioether (sulfide) groups is 1. The fourth-order valence-electron chi connectivity index (χ4n) is 3.49. The number of methoxy groups -OCH3 is 1. The predicted octanol–water partition coefficient (Wildman–Crippen LogP) is 4.11. The number of benzene rings is 2. The molecule has 30 heavy (non-hydrogen) atoms. The fourth-order valence-corrected chi connectivity index (χ4v) is 3.95. The normalized spacial score (nSPS) is 15.3. The van der Waals surface area contributed by atoms with Crippen LogP contribution >= 0.6 is 11.8 Å². The summed E-state index contributed by atoms with van der Waals surface area (Å²) in [6, 6.07) is 14.4. The first-order valence-corrected chi connectivity index (χ1v) is 10.7. The molecule has 2 amide bonds. The van der Waals surface area contributed by atoms with Gasteiger partial charge in [-0.05, 0) is 55.6 Å². The second kappa shape index (κ2) is 8.23. The van der Waals surface area contributed by atoms with Crippen molar-refractivity contribution in [2.75, 3.05) is 24.0 Å². The van der Waals surface area contributed by atoms with E-state index in [1.165, 1.54) is 0 Å². The van der Waals surface area contributed by atoms with Gasteiger partial charge in [0, 0.05) is 21.7 Å². The number of hydrogen-bond donors (Lipinski definition) is 2. The topological polar surface area (TPSA) is 85.2 Å². The molecule has 1 unspecified atom stereocenters. The third kappa shape index (κ3) is 3.78. The van der Waals surface area contributed by atoms with Gasteiger partial charge in [-0.1, -0.05) is 6.07 Å². The lowest BCUT2D eigenvalue weighted by atomic mass is 10.1. The van der Waals surface area contributed by atoms with E-state index in [9.17, 15) is 9.59 Å². The van der Waals surface area contributed by atoms with Gasteiger partial charge in [-0.15, -0.1) is 11.8 Å². The second-order valence-corrected chi connectivity index (χ2v) is 7.86. The van der Waals surface area contributed by atoms with Gasteiger partial charge < -0.3 is 15.4 Å². The average Bonchev–Trinajstić information content (AvgIpc) is 3.09. The molecule has 0 bridgehead atoms. The Labute approximate surface area is 178 Å². The van der Waals surface area contributed by atoms with E-state index in [0.717, 1.165) is 27.5 Å². The average molecular weight is 423 g/mol. The molecule has 2 heterocycles. The molecule has 1 aliphatic heterocycles. The number of rotatable bonds is 5. The van der Waals surface area contributed by atoms with Crippen molar-refractivity contribution in [2.45, 2.75) is 24.3 Å². The molecular weight excluding hydrogens is 400 g/mol. The number of nitrogens with one attached hydrogen (secondary N) is 2. The zero-order chi connectivity index (χ0) is 21.3. The van der Waals surface area contributed by atoms with Gasteiger partial charge in [0.15, 0.2) is 0 Å². The highest BCUT2D eigenvalue weighted by molar-refractivity contribution is 7.98. The third-order valence-corrected chi connectivity index (χ3v) is 5.81. The first-order chi connectivity index (χ1) is 14.5. The van der Waals surface area contributed by atoms with Crippen LogP contribution in [0.5, 0.6) is 5.75 Å². The first-order valence-electron chi connectivity index (χ1n) is 9.48. The molecule has 154 valence electrons. The Morgan fingerprint density at radius 1 is 1.27 bits per heavy atom. The van der Waals surface area contributed by atoms with E-state index >= 15 is 0 Å². The van der Waals surface area contributed by atoms with Crippen LogP contribution in [0.25, 0.3) is 11.3 Å². The molecule has 4 rings (SSSR count). The molecule has 2 N–H and O–H groups in total. The molecular formula is C22H22N4O3S. The summed E-state index contributed by atoms with van der Waals surface area (Å²) >= 11 is 1.60. The van der Waals surface area contributed by atoms with Gasteiger partial charge in [0.2, 0.25) is 11.8 Å². The van der Waals surface area contributed by atoms with Gasteiger partial charge in [0.25, 0.3) is 0 Å². The van der Waals surface area contributed by atoms with Gasteiger partial charge in [-0.3, -0.25) is 9.59 Å². The summed E-state index contributed by atoms with van der Waals surface area (Å²) in [5.41, 5.74) is 3.11. The van der Waals surface area contributed by atoms with Crippen molar-refractivity contribution in [3.05, 3.63) is 54.1 Å². The Kier molecular flexibility index (Phi) is 5.50. The molecule has 0 saturated heterocycles. The van der Waals surface area contributed by atoms with E-state index in [1.54, 1.807) is 23.6 Å². The highest BCUT2D eigenvalue weighted by atomic mass is 32.2.